The van der Waals surface area contributed by atoms with Crippen molar-refractivity contribution in [3.8, 4) is 0 Å². The molecule has 0 aliphatic carbocycles. The molecule has 0 aliphatic heterocycles. The highest BCUT2D eigenvalue weighted by Gasteiger charge is 2.22. The molecule has 2 atom stereocenters. The molecule has 0 aromatic rings. The Kier molecular flexibility index (Phi) is 22.4. The summed E-state index contributed by atoms with van der Waals surface area (Å²) >= 11 is 0. The number of carbonyl (C=O) groups is 1. The summed E-state index contributed by atoms with van der Waals surface area (Å²) in [6.45, 7) is 5.24. The van der Waals surface area contributed by atoms with Crippen LogP contribution in [0.15, 0.2) is 0 Å². The van der Waals surface area contributed by atoms with Crippen molar-refractivity contribution in [1.29, 1.82) is 0 Å². The van der Waals surface area contributed by atoms with Gasteiger partial charge in [-0.05, 0) is 12.8 Å². The highest BCUT2D eigenvalue weighted by atomic mass is 16.5. The largest absolute Gasteiger partial charge is 0.462 e. The molecule has 0 amide bonds. The number of rotatable bonds is 25. The fraction of sp³-hybridized carbons (Fsp3) is 0.967. The summed E-state index contributed by atoms with van der Waals surface area (Å²) in [5.74, 6) is -0.0789. The summed E-state index contributed by atoms with van der Waals surface area (Å²) < 4.78 is 6.24. The van der Waals surface area contributed by atoms with Crippen molar-refractivity contribution in [2.45, 2.75) is 148 Å². The van der Waals surface area contributed by atoms with Crippen molar-refractivity contribution in [3.05, 3.63) is 0 Å². The summed E-state index contributed by atoms with van der Waals surface area (Å²) in [6.07, 6.45) is 24.8. The normalized spacial score (nSPS) is 13.7. The molecular weight excluding hydrogens is 422 g/mol. The van der Waals surface area contributed by atoms with Crippen molar-refractivity contribution in [1.82, 2.24) is 0 Å². The summed E-state index contributed by atoms with van der Waals surface area (Å²) in [4.78, 5) is 12.8. The van der Waals surface area contributed by atoms with E-state index in [4.69, 9.17) is 4.74 Å². The second-order valence-electron chi connectivity index (χ2n) is 11.7. The summed E-state index contributed by atoms with van der Waals surface area (Å²) in [5, 5.41) is 10.2. The van der Waals surface area contributed by atoms with Gasteiger partial charge in [-0.15, -0.1) is 0 Å². The van der Waals surface area contributed by atoms with Crippen LogP contribution >= 0.6 is 0 Å². The molecule has 4 nitrogen and oxygen atoms in total. The van der Waals surface area contributed by atoms with E-state index in [0.29, 0.717) is 11.0 Å². The lowest BCUT2D eigenvalue weighted by Gasteiger charge is -2.26. The predicted octanol–water partition coefficient (Wildman–Crippen LogP) is 8.05. The molecule has 0 saturated heterocycles. The fourth-order valence-corrected chi connectivity index (χ4v) is 4.76. The van der Waals surface area contributed by atoms with Gasteiger partial charge in [0.15, 0.2) is 0 Å². The van der Waals surface area contributed by atoms with Gasteiger partial charge < -0.3 is 14.3 Å². The van der Waals surface area contributed by atoms with Gasteiger partial charge in [-0.1, -0.05) is 129 Å². The second-order valence-corrected chi connectivity index (χ2v) is 11.7. The standard InChI is InChI=1S/C30H62NO3/c1-6-8-10-12-14-16-17-19-21-23-25-28(24-22-20-18-15-13-11-9-7-2)30(33)34-27-29(32)26-31(3,4)5/h28-29,32H,6-27H2,1-5H3/q+1. The third kappa shape index (κ3) is 23.1. The zero-order valence-electron chi connectivity index (χ0n) is 23.9. The number of likely N-dealkylation sites (N-methyl/N-ethyl adjacent to an activating group) is 1. The zero-order valence-corrected chi connectivity index (χ0v) is 23.9. The number of hydrogen-bond acceptors (Lipinski definition) is 3. The van der Waals surface area contributed by atoms with Crippen LogP contribution in [-0.4, -0.2) is 56.0 Å². The van der Waals surface area contributed by atoms with Crippen LogP contribution in [0.2, 0.25) is 0 Å². The van der Waals surface area contributed by atoms with Crippen LogP contribution in [-0.2, 0) is 9.53 Å². The Labute approximate surface area is 213 Å². The minimum absolute atomic E-state index is 0.00506. The number of aliphatic hydroxyl groups is 1. The van der Waals surface area contributed by atoms with Gasteiger partial charge in [0.1, 0.15) is 19.3 Å². The Hall–Kier alpha value is -0.610. The molecule has 0 aromatic heterocycles. The van der Waals surface area contributed by atoms with Gasteiger partial charge in [0.25, 0.3) is 0 Å². The molecule has 0 aromatic carbocycles. The van der Waals surface area contributed by atoms with Crippen molar-refractivity contribution >= 4 is 5.97 Å². The van der Waals surface area contributed by atoms with Crippen LogP contribution in [0, 0.1) is 5.92 Å². The Balaban J connectivity index is 4.22. The fourth-order valence-electron chi connectivity index (χ4n) is 4.76. The molecule has 0 radical (unpaired) electrons. The van der Waals surface area contributed by atoms with E-state index >= 15 is 0 Å². The Bertz CT molecular complexity index is 447. The van der Waals surface area contributed by atoms with Gasteiger partial charge in [-0.25, -0.2) is 0 Å². The van der Waals surface area contributed by atoms with E-state index in [9.17, 15) is 9.90 Å². The first kappa shape index (κ1) is 33.4. The molecule has 0 rings (SSSR count). The minimum Gasteiger partial charge on any atom is -0.462 e. The van der Waals surface area contributed by atoms with Crippen molar-refractivity contribution < 1.29 is 19.1 Å². The lowest BCUT2D eigenvalue weighted by molar-refractivity contribution is -0.873. The van der Waals surface area contributed by atoms with Gasteiger partial charge in [-0.3, -0.25) is 4.79 Å². The third-order valence-corrected chi connectivity index (χ3v) is 6.82. The molecule has 0 aliphatic rings. The highest BCUT2D eigenvalue weighted by Crippen LogP contribution is 2.21. The Morgan fingerprint density at radius 2 is 1.00 bits per heavy atom. The minimum atomic E-state index is -0.593. The monoisotopic (exact) mass is 484 g/mol. The first-order valence-corrected chi connectivity index (χ1v) is 14.9. The molecular formula is C30H62NO3+. The van der Waals surface area contributed by atoms with E-state index in [0.717, 1.165) is 25.7 Å². The van der Waals surface area contributed by atoms with Gasteiger partial charge in [0.05, 0.1) is 27.1 Å². The first-order chi connectivity index (χ1) is 16.3. The number of quaternary nitrogens is 1. The molecule has 0 fully saturated rings. The summed E-state index contributed by atoms with van der Waals surface area (Å²) in [7, 11) is 6.13. The molecule has 1 N–H and O–H groups in total. The maximum atomic E-state index is 12.8. The van der Waals surface area contributed by atoms with Crippen LogP contribution in [0.4, 0.5) is 0 Å². The van der Waals surface area contributed by atoms with Crippen molar-refractivity contribution in [2.75, 3.05) is 34.3 Å². The predicted molar refractivity (Wildman–Crippen MR) is 147 cm³/mol. The number of nitrogens with zero attached hydrogens (tertiary/aromatic N) is 1. The maximum absolute atomic E-state index is 12.8. The topological polar surface area (TPSA) is 46.5 Å². The number of unbranched alkanes of at least 4 members (excludes halogenated alkanes) is 16. The number of hydrogen-bond donors (Lipinski definition) is 1. The molecule has 2 unspecified atom stereocenters. The zero-order chi connectivity index (χ0) is 25.5. The second kappa shape index (κ2) is 22.8. The molecule has 0 spiro atoms. The Morgan fingerprint density at radius 3 is 1.35 bits per heavy atom. The van der Waals surface area contributed by atoms with Crippen molar-refractivity contribution in [3.63, 3.8) is 0 Å². The van der Waals surface area contributed by atoms with Crippen LogP contribution in [0.3, 0.4) is 0 Å². The van der Waals surface area contributed by atoms with E-state index in [1.807, 2.05) is 21.1 Å². The van der Waals surface area contributed by atoms with E-state index in [2.05, 4.69) is 13.8 Å². The van der Waals surface area contributed by atoms with Gasteiger partial charge in [-0.2, -0.15) is 0 Å². The van der Waals surface area contributed by atoms with Crippen LogP contribution < -0.4 is 0 Å². The van der Waals surface area contributed by atoms with Crippen molar-refractivity contribution in [2.24, 2.45) is 5.92 Å². The van der Waals surface area contributed by atoms with E-state index in [1.165, 1.54) is 103 Å². The smallest absolute Gasteiger partial charge is 0.309 e. The Morgan fingerprint density at radius 1 is 0.647 bits per heavy atom. The number of aliphatic hydroxyl groups excluding tert-OH is 1. The quantitative estimate of drug-likeness (QED) is 0.0809. The SMILES string of the molecule is CCCCCCCCCCCCC(CCCCCCCCCC)C(=O)OCC(O)C[N+](C)(C)C. The van der Waals surface area contributed by atoms with E-state index in [-0.39, 0.29) is 18.5 Å². The van der Waals surface area contributed by atoms with Crippen LogP contribution in [0.5, 0.6) is 0 Å². The van der Waals surface area contributed by atoms with Gasteiger partial charge in [0, 0.05) is 0 Å². The van der Waals surface area contributed by atoms with E-state index in [1.54, 1.807) is 0 Å². The van der Waals surface area contributed by atoms with Crippen LogP contribution in [0.25, 0.3) is 0 Å². The molecule has 204 valence electrons. The molecule has 4 heteroatoms. The maximum Gasteiger partial charge on any atom is 0.309 e. The average Bonchev–Trinajstić information content (AvgIpc) is 2.77. The molecule has 0 saturated carbocycles. The number of esters is 1. The number of ether oxygens (including phenoxy) is 1. The van der Waals surface area contributed by atoms with Gasteiger partial charge in [0.2, 0.25) is 0 Å². The summed E-state index contributed by atoms with van der Waals surface area (Å²) in [5.41, 5.74) is 0. The first-order valence-electron chi connectivity index (χ1n) is 14.9. The lowest BCUT2D eigenvalue weighted by atomic mass is 9.94. The average molecular weight is 485 g/mol. The number of carbonyl (C=O) groups excluding carboxylic acids is 1. The lowest BCUT2D eigenvalue weighted by Crippen LogP contribution is -2.43. The molecule has 34 heavy (non-hydrogen) atoms. The molecule has 0 heterocycles. The van der Waals surface area contributed by atoms with E-state index < -0.39 is 6.10 Å². The highest BCUT2D eigenvalue weighted by molar-refractivity contribution is 5.72. The van der Waals surface area contributed by atoms with Gasteiger partial charge >= 0.3 is 5.97 Å². The molecule has 0 bridgehead atoms. The summed E-state index contributed by atoms with van der Waals surface area (Å²) in [6, 6.07) is 0. The third-order valence-electron chi connectivity index (χ3n) is 6.82. The van der Waals surface area contributed by atoms with Crippen LogP contribution in [0.1, 0.15) is 142 Å².